The molecule has 1 N–H and O–H groups in total. The van der Waals surface area contributed by atoms with Crippen LogP contribution in [0.5, 0.6) is 0 Å². The maximum absolute atomic E-state index is 11.2. The molecule has 0 saturated heterocycles. The summed E-state index contributed by atoms with van der Waals surface area (Å²) in [5, 5.41) is 13.7. The predicted octanol–water partition coefficient (Wildman–Crippen LogP) is 2.97. The Morgan fingerprint density at radius 3 is 2.86 bits per heavy atom. The maximum atomic E-state index is 11.2. The van der Waals surface area contributed by atoms with Crippen LogP contribution in [0.15, 0.2) is 28.7 Å². The van der Waals surface area contributed by atoms with Crippen molar-refractivity contribution in [2.24, 2.45) is 0 Å². The van der Waals surface area contributed by atoms with E-state index in [1.54, 1.807) is 12.1 Å². The second-order valence-electron chi connectivity index (χ2n) is 4.67. The lowest BCUT2D eigenvalue weighted by Gasteiger charge is -1.98. The van der Waals surface area contributed by atoms with Gasteiger partial charge in [0, 0.05) is 6.54 Å². The minimum Gasteiger partial charge on any atom is -0.478 e. The van der Waals surface area contributed by atoms with Crippen molar-refractivity contribution in [3.05, 3.63) is 35.5 Å². The first kappa shape index (κ1) is 13.4. The maximum Gasteiger partial charge on any atom is 0.338 e. The largest absolute Gasteiger partial charge is 0.478 e. The number of carbonyl (C=O) groups is 1. The zero-order valence-electron chi connectivity index (χ0n) is 11.8. The molecule has 1 aromatic carbocycles. The van der Waals surface area contributed by atoms with Crippen molar-refractivity contribution in [1.82, 2.24) is 14.8 Å². The van der Waals surface area contributed by atoms with Gasteiger partial charge in [-0.15, -0.1) is 0 Å². The molecule has 0 fully saturated rings. The SMILES string of the molecule is CCc1cc(-c2nc3c(C(=O)O)cccc3o2)n(CC)n1. The van der Waals surface area contributed by atoms with Crippen LogP contribution in [0.25, 0.3) is 22.7 Å². The normalized spacial score (nSPS) is 11.1. The molecule has 0 bridgehead atoms. The van der Waals surface area contributed by atoms with Crippen molar-refractivity contribution in [2.75, 3.05) is 0 Å². The summed E-state index contributed by atoms with van der Waals surface area (Å²) in [6.07, 6.45) is 0.820. The number of aryl methyl sites for hydroxylation is 2. The summed E-state index contributed by atoms with van der Waals surface area (Å²) in [6, 6.07) is 6.81. The van der Waals surface area contributed by atoms with E-state index in [-0.39, 0.29) is 5.56 Å². The van der Waals surface area contributed by atoms with Crippen LogP contribution >= 0.6 is 0 Å². The number of carboxylic acid groups (broad SMARTS) is 1. The molecule has 2 heterocycles. The lowest BCUT2D eigenvalue weighted by Crippen LogP contribution is -2.00. The molecule has 0 radical (unpaired) electrons. The fourth-order valence-corrected chi connectivity index (χ4v) is 2.29. The molecule has 3 rings (SSSR count). The van der Waals surface area contributed by atoms with Gasteiger partial charge in [-0.05, 0) is 31.5 Å². The minimum atomic E-state index is -1.02. The summed E-state index contributed by atoms with van der Waals surface area (Å²) < 4.78 is 7.52. The van der Waals surface area contributed by atoms with Gasteiger partial charge in [0.1, 0.15) is 11.2 Å². The Morgan fingerprint density at radius 2 is 2.19 bits per heavy atom. The molecule has 108 valence electrons. The van der Waals surface area contributed by atoms with Crippen molar-refractivity contribution < 1.29 is 14.3 Å². The van der Waals surface area contributed by atoms with Gasteiger partial charge in [-0.25, -0.2) is 9.78 Å². The van der Waals surface area contributed by atoms with Gasteiger partial charge in [-0.3, -0.25) is 4.68 Å². The summed E-state index contributed by atoms with van der Waals surface area (Å²) in [4.78, 5) is 15.6. The molecule has 6 heteroatoms. The number of aromatic nitrogens is 3. The Bertz CT molecular complexity index is 817. The average molecular weight is 285 g/mol. The molecule has 0 atom stereocenters. The van der Waals surface area contributed by atoms with E-state index in [0.29, 0.717) is 23.5 Å². The molecule has 21 heavy (non-hydrogen) atoms. The first-order chi connectivity index (χ1) is 10.1. The van der Waals surface area contributed by atoms with Gasteiger partial charge in [0.25, 0.3) is 0 Å². The van der Waals surface area contributed by atoms with E-state index in [1.165, 1.54) is 6.07 Å². The summed E-state index contributed by atoms with van der Waals surface area (Å²) in [6.45, 7) is 4.71. The Labute approximate surface area is 121 Å². The molecule has 0 unspecified atom stereocenters. The number of carboxylic acids is 1. The summed E-state index contributed by atoms with van der Waals surface area (Å²) in [5.41, 5.74) is 2.68. The number of fused-ring (bicyclic) bond motifs is 1. The molecular formula is C15H15N3O3. The quantitative estimate of drug-likeness (QED) is 0.797. The Kier molecular flexibility index (Phi) is 3.21. The molecule has 0 spiro atoms. The van der Waals surface area contributed by atoms with E-state index >= 15 is 0 Å². The van der Waals surface area contributed by atoms with Gasteiger partial charge in [0.2, 0.25) is 5.89 Å². The second kappa shape index (κ2) is 5.05. The average Bonchev–Trinajstić information content (AvgIpc) is 3.09. The number of rotatable bonds is 4. The van der Waals surface area contributed by atoms with Crippen LogP contribution in [0.1, 0.15) is 29.9 Å². The highest BCUT2D eigenvalue weighted by molar-refractivity contribution is 6.00. The third kappa shape index (κ3) is 2.18. The second-order valence-corrected chi connectivity index (χ2v) is 4.67. The van der Waals surface area contributed by atoms with Crippen LogP contribution < -0.4 is 0 Å². The molecule has 3 aromatic rings. The van der Waals surface area contributed by atoms with Gasteiger partial charge < -0.3 is 9.52 Å². The van der Waals surface area contributed by atoms with Gasteiger partial charge in [-0.1, -0.05) is 13.0 Å². The van der Waals surface area contributed by atoms with Crippen LogP contribution in [-0.2, 0) is 13.0 Å². The number of aromatic carboxylic acids is 1. The van der Waals surface area contributed by atoms with Crippen LogP contribution in [0.2, 0.25) is 0 Å². The molecule has 0 saturated carbocycles. The van der Waals surface area contributed by atoms with Crippen molar-refractivity contribution in [1.29, 1.82) is 0 Å². The van der Waals surface area contributed by atoms with Gasteiger partial charge in [0.05, 0.1) is 11.3 Å². The van der Waals surface area contributed by atoms with E-state index in [2.05, 4.69) is 10.1 Å². The first-order valence-electron chi connectivity index (χ1n) is 6.84. The van der Waals surface area contributed by atoms with Gasteiger partial charge >= 0.3 is 5.97 Å². The van der Waals surface area contributed by atoms with E-state index in [1.807, 2.05) is 24.6 Å². The summed E-state index contributed by atoms with van der Waals surface area (Å²) in [7, 11) is 0. The lowest BCUT2D eigenvalue weighted by atomic mass is 10.2. The smallest absolute Gasteiger partial charge is 0.338 e. The first-order valence-corrected chi connectivity index (χ1v) is 6.84. The van der Waals surface area contributed by atoms with Crippen molar-refractivity contribution in [2.45, 2.75) is 26.8 Å². The van der Waals surface area contributed by atoms with Crippen molar-refractivity contribution >= 4 is 17.1 Å². The summed E-state index contributed by atoms with van der Waals surface area (Å²) >= 11 is 0. The number of nitrogens with zero attached hydrogens (tertiary/aromatic N) is 3. The third-order valence-electron chi connectivity index (χ3n) is 3.36. The third-order valence-corrected chi connectivity index (χ3v) is 3.36. The van der Waals surface area contributed by atoms with Crippen molar-refractivity contribution in [3.63, 3.8) is 0 Å². The summed E-state index contributed by atoms with van der Waals surface area (Å²) in [5.74, 6) is -0.619. The highest BCUT2D eigenvalue weighted by Crippen LogP contribution is 2.27. The van der Waals surface area contributed by atoms with E-state index in [4.69, 9.17) is 4.42 Å². The highest BCUT2D eigenvalue weighted by Gasteiger charge is 2.18. The number of benzene rings is 1. The zero-order chi connectivity index (χ0) is 15.0. The molecule has 0 aliphatic rings. The molecule has 2 aromatic heterocycles. The zero-order valence-corrected chi connectivity index (χ0v) is 11.8. The Balaban J connectivity index is 2.20. The van der Waals surface area contributed by atoms with E-state index in [0.717, 1.165) is 17.8 Å². The van der Waals surface area contributed by atoms with Gasteiger partial charge in [-0.2, -0.15) is 5.10 Å². The Hall–Kier alpha value is -2.63. The minimum absolute atomic E-state index is 0.140. The van der Waals surface area contributed by atoms with E-state index < -0.39 is 5.97 Å². The van der Waals surface area contributed by atoms with Crippen LogP contribution in [0.3, 0.4) is 0 Å². The molecular weight excluding hydrogens is 270 g/mol. The number of hydrogen-bond donors (Lipinski definition) is 1. The Morgan fingerprint density at radius 1 is 1.38 bits per heavy atom. The molecule has 0 aliphatic heterocycles. The van der Waals surface area contributed by atoms with Crippen LogP contribution in [0, 0.1) is 0 Å². The fraction of sp³-hybridized carbons (Fsp3) is 0.267. The van der Waals surface area contributed by atoms with Crippen molar-refractivity contribution in [3.8, 4) is 11.6 Å². The molecule has 0 aliphatic carbocycles. The fourth-order valence-electron chi connectivity index (χ4n) is 2.29. The number of hydrogen-bond acceptors (Lipinski definition) is 4. The van der Waals surface area contributed by atoms with E-state index in [9.17, 15) is 9.90 Å². The standard InChI is InChI=1S/C15H15N3O3/c1-3-9-8-11(18(4-2)17-9)14-16-13-10(15(19)20)6-5-7-12(13)21-14/h5-8H,3-4H2,1-2H3,(H,19,20). The van der Waals surface area contributed by atoms with Crippen LogP contribution in [-0.4, -0.2) is 25.8 Å². The molecule has 0 amide bonds. The number of para-hydroxylation sites is 1. The molecule has 6 nitrogen and oxygen atoms in total. The lowest BCUT2D eigenvalue weighted by molar-refractivity contribution is 0.0699. The number of oxazole rings is 1. The highest BCUT2D eigenvalue weighted by atomic mass is 16.4. The van der Waals surface area contributed by atoms with Crippen LogP contribution in [0.4, 0.5) is 0 Å². The topological polar surface area (TPSA) is 81.1 Å². The monoisotopic (exact) mass is 285 g/mol. The van der Waals surface area contributed by atoms with Gasteiger partial charge in [0.15, 0.2) is 5.58 Å². The predicted molar refractivity (Wildman–Crippen MR) is 77.2 cm³/mol.